The fourth-order valence-electron chi connectivity index (χ4n) is 3.98. The maximum atomic E-state index is 14.1. The SMILES string of the molecule is O=C(O)C1=CC[C@@H](c2ccc(Cl)cc2)N(S(=O)(=O)c2ccc(F)cc2)[C@H]1c1cccc(F)c1. The Morgan fingerprint density at radius 1 is 0.939 bits per heavy atom. The third kappa shape index (κ3) is 4.55. The second kappa shape index (κ2) is 9.05. The molecule has 3 aromatic rings. The summed E-state index contributed by atoms with van der Waals surface area (Å²) in [5.41, 5.74) is 0.539. The molecule has 1 aliphatic heterocycles. The maximum absolute atomic E-state index is 14.1. The molecule has 3 aromatic carbocycles. The number of aliphatic carboxylic acids is 1. The number of halogens is 3. The summed E-state index contributed by atoms with van der Waals surface area (Å²) in [5, 5.41) is 10.3. The van der Waals surface area contributed by atoms with Crippen LogP contribution in [0.4, 0.5) is 8.78 Å². The molecule has 5 nitrogen and oxygen atoms in total. The number of sulfonamides is 1. The summed E-state index contributed by atoms with van der Waals surface area (Å²) in [6.07, 6.45) is 1.52. The number of hydrogen-bond acceptors (Lipinski definition) is 3. The number of hydrogen-bond donors (Lipinski definition) is 1. The van der Waals surface area contributed by atoms with E-state index in [0.29, 0.717) is 10.6 Å². The molecule has 0 saturated carbocycles. The van der Waals surface area contributed by atoms with Crippen LogP contribution >= 0.6 is 11.6 Å². The van der Waals surface area contributed by atoms with E-state index in [4.69, 9.17) is 11.6 Å². The highest BCUT2D eigenvalue weighted by Gasteiger charge is 2.44. The Morgan fingerprint density at radius 3 is 2.21 bits per heavy atom. The number of nitrogens with zero attached hydrogens (tertiary/aromatic N) is 1. The highest BCUT2D eigenvalue weighted by Crippen LogP contribution is 2.45. The number of carboxylic acids is 1. The van der Waals surface area contributed by atoms with Crippen LogP contribution in [0.25, 0.3) is 0 Å². The van der Waals surface area contributed by atoms with Crippen LogP contribution in [0.2, 0.25) is 5.02 Å². The molecule has 0 saturated heterocycles. The lowest BCUT2D eigenvalue weighted by molar-refractivity contribution is -0.133. The molecule has 0 radical (unpaired) electrons. The zero-order valence-corrected chi connectivity index (χ0v) is 18.6. The molecule has 0 fully saturated rings. The fraction of sp³-hybridized carbons (Fsp3) is 0.125. The molecule has 9 heteroatoms. The average Bonchev–Trinajstić information content (AvgIpc) is 2.79. The summed E-state index contributed by atoms with van der Waals surface area (Å²) >= 11 is 6.00. The Morgan fingerprint density at radius 2 is 1.61 bits per heavy atom. The van der Waals surface area contributed by atoms with Gasteiger partial charge in [0.25, 0.3) is 0 Å². The van der Waals surface area contributed by atoms with Crippen LogP contribution in [0.3, 0.4) is 0 Å². The lowest BCUT2D eigenvalue weighted by atomic mass is 9.89. The Hall–Kier alpha value is -3.07. The predicted octanol–water partition coefficient (Wildman–Crippen LogP) is 5.51. The van der Waals surface area contributed by atoms with E-state index in [1.54, 1.807) is 24.3 Å². The van der Waals surface area contributed by atoms with Crippen LogP contribution in [0.5, 0.6) is 0 Å². The molecular formula is C24H18ClF2NO4S. The van der Waals surface area contributed by atoms with Gasteiger partial charge in [0.2, 0.25) is 10.0 Å². The smallest absolute Gasteiger partial charge is 0.333 e. The number of rotatable bonds is 5. The van der Waals surface area contributed by atoms with E-state index in [9.17, 15) is 27.1 Å². The summed E-state index contributed by atoms with van der Waals surface area (Å²) in [7, 11) is -4.36. The van der Waals surface area contributed by atoms with Gasteiger partial charge in [-0.25, -0.2) is 22.0 Å². The molecule has 1 heterocycles. The first-order chi connectivity index (χ1) is 15.7. The van der Waals surface area contributed by atoms with E-state index in [1.807, 2.05) is 0 Å². The molecule has 4 rings (SSSR count). The van der Waals surface area contributed by atoms with Gasteiger partial charge in [0, 0.05) is 5.02 Å². The van der Waals surface area contributed by atoms with Crippen LogP contribution in [-0.2, 0) is 14.8 Å². The van der Waals surface area contributed by atoms with E-state index >= 15 is 0 Å². The van der Waals surface area contributed by atoms with Gasteiger partial charge >= 0.3 is 5.97 Å². The first-order valence-corrected chi connectivity index (χ1v) is 11.7. The van der Waals surface area contributed by atoms with Crippen molar-refractivity contribution in [3.63, 3.8) is 0 Å². The third-order valence-corrected chi connectivity index (χ3v) is 7.61. The summed E-state index contributed by atoms with van der Waals surface area (Å²) in [4.78, 5) is 11.9. The zero-order valence-electron chi connectivity index (χ0n) is 17.0. The van der Waals surface area contributed by atoms with E-state index in [-0.39, 0.29) is 22.5 Å². The van der Waals surface area contributed by atoms with Gasteiger partial charge < -0.3 is 5.11 Å². The van der Waals surface area contributed by atoms with E-state index in [0.717, 1.165) is 34.6 Å². The fourth-order valence-corrected chi connectivity index (χ4v) is 5.89. The van der Waals surface area contributed by atoms with Crippen molar-refractivity contribution in [1.29, 1.82) is 0 Å². The molecule has 0 aromatic heterocycles. The van der Waals surface area contributed by atoms with Crippen molar-refractivity contribution >= 4 is 27.6 Å². The van der Waals surface area contributed by atoms with Crippen LogP contribution in [0.1, 0.15) is 29.6 Å². The molecule has 0 amide bonds. The summed E-state index contributed by atoms with van der Waals surface area (Å²) in [6, 6.07) is 13.8. The summed E-state index contributed by atoms with van der Waals surface area (Å²) < 4.78 is 56.4. The minimum atomic E-state index is -4.36. The van der Waals surface area contributed by atoms with Crippen molar-refractivity contribution in [3.05, 3.63) is 112 Å². The largest absolute Gasteiger partial charge is 0.478 e. The molecule has 170 valence electrons. The van der Waals surface area contributed by atoms with Crippen molar-refractivity contribution in [3.8, 4) is 0 Å². The lowest BCUT2D eigenvalue weighted by Crippen LogP contribution is -2.42. The van der Waals surface area contributed by atoms with Crippen LogP contribution in [-0.4, -0.2) is 23.8 Å². The minimum Gasteiger partial charge on any atom is -0.478 e. The first kappa shape index (κ1) is 23.1. The van der Waals surface area contributed by atoms with Gasteiger partial charge in [-0.05, 0) is 66.1 Å². The molecule has 0 unspecified atom stereocenters. The summed E-state index contributed by atoms with van der Waals surface area (Å²) in [6.45, 7) is 0. The van der Waals surface area contributed by atoms with Crippen LogP contribution in [0, 0.1) is 11.6 Å². The van der Waals surface area contributed by atoms with Gasteiger partial charge in [0.05, 0.1) is 22.6 Å². The van der Waals surface area contributed by atoms with E-state index in [2.05, 4.69) is 0 Å². The van der Waals surface area contributed by atoms with Crippen molar-refractivity contribution in [2.75, 3.05) is 0 Å². The van der Waals surface area contributed by atoms with Gasteiger partial charge in [0.15, 0.2) is 0 Å². The highest BCUT2D eigenvalue weighted by atomic mass is 35.5. The monoisotopic (exact) mass is 489 g/mol. The Kier molecular flexibility index (Phi) is 6.34. The van der Waals surface area contributed by atoms with Crippen molar-refractivity contribution in [2.45, 2.75) is 23.4 Å². The van der Waals surface area contributed by atoms with Crippen LogP contribution in [0.15, 0.2) is 89.3 Å². The number of carbonyl (C=O) groups is 1. The standard InChI is InChI=1S/C24H18ClF2NO4S/c25-17-6-4-15(5-7-17)22-13-12-21(24(29)30)23(16-2-1-3-19(27)14-16)28(22)33(31,32)20-10-8-18(26)9-11-20/h1-12,14,22-23H,13H2,(H,29,30)/t22-,23-/m0/s1. The molecule has 1 N–H and O–H groups in total. The minimum absolute atomic E-state index is 0.0650. The number of benzene rings is 3. The molecular weight excluding hydrogens is 472 g/mol. The molecule has 0 bridgehead atoms. The lowest BCUT2D eigenvalue weighted by Gasteiger charge is -2.40. The van der Waals surface area contributed by atoms with Gasteiger partial charge in [-0.15, -0.1) is 0 Å². The van der Waals surface area contributed by atoms with Gasteiger partial charge in [-0.2, -0.15) is 4.31 Å². The molecule has 0 aliphatic carbocycles. The third-order valence-electron chi connectivity index (χ3n) is 5.47. The quantitative estimate of drug-likeness (QED) is 0.513. The Bertz CT molecular complexity index is 1330. The second-order valence-corrected chi connectivity index (χ2v) is 9.79. The maximum Gasteiger partial charge on any atom is 0.333 e. The number of carboxylic acid groups (broad SMARTS) is 1. The molecule has 33 heavy (non-hydrogen) atoms. The highest BCUT2D eigenvalue weighted by molar-refractivity contribution is 7.89. The van der Waals surface area contributed by atoms with E-state index in [1.165, 1.54) is 24.3 Å². The van der Waals surface area contributed by atoms with Crippen LogP contribution < -0.4 is 0 Å². The normalized spacial score (nSPS) is 19.2. The van der Waals surface area contributed by atoms with Crippen molar-refractivity contribution < 1.29 is 27.1 Å². The molecule has 2 atom stereocenters. The average molecular weight is 490 g/mol. The predicted molar refractivity (Wildman–Crippen MR) is 119 cm³/mol. The zero-order chi connectivity index (χ0) is 23.8. The van der Waals surface area contributed by atoms with Gasteiger partial charge in [0.1, 0.15) is 11.6 Å². The Balaban J connectivity index is 1.97. The first-order valence-electron chi connectivity index (χ1n) is 9.92. The topological polar surface area (TPSA) is 74.7 Å². The molecule has 1 aliphatic rings. The van der Waals surface area contributed by atoms with Crippen molar-refractivity contribution in [1.82, 2.24) is 4.31 Å². The Labute approximate surface area is 194 Å². The van der Waals surface area contributed by atoms with E-state index < -0.39 is 39.7 Å². The second-order valence-electron chi connectivity index (χ2n) is 7.51. The van der Waals surface area contributed by atoms with Gasteiger partial charge in [-0.3, -0.25) is 0 Å². The van der Waals surface area contributed by atoms with Crippen molar-refractivity contribution in [2.24, 2.45) is 0 Å². The van der Waals surface area contributed by atoms with Gasteiger partial charge in [-0.1, -0.05) is 41.9 Å². The molecule has 0 spiro atoms. The summed E-state index contributed by atoms with van der Waals surface area (Å²) in [5.74, 6) is -2.57.